The van der Waals surface area contributed by atoms with E-state index in [0.29, 0.717) is 5.92 Å². The Morgan fingerprint density at radius 3 is 3.00 bits per heavy atom. The smallest absolute Gasteiger partial charge is 0.309 e. The third kappa shape index (κ3) is 2.35. The molecular formula is C15H23N3O2. The van der Waals surface area contributed by atoms with Crippen molar-refractivity contribution in [3.05, 3.63) is 17.7 Å². The number of aromatic nitrogens is 2. The van der Waals surface area contributed by atoms with Gasteiger partial charge in [0, 0.05) is 37.3 Å². The number of methoxy groups -OCH3 is 1. The van der Waals surface area contributed by atoms with Gasteiger partial charge in [0.05, 0.1) is 13.0 Å². The van der Waals surface area contributed by atoms with Crippen LogP contribution < -0.4 is 0 Å². The first-order chi connectivity index (χ1) is 9.72. The van der Waals surface area contributed by atoms with Gasteiger partial charge in [-0.15, -0.1) is 0 Å². The molecule has 2 atom stereocenters. The van der Waals surface area contributed by atoms with Crippen LogP contribution in [0.4, 0.5) is 0 Å². The maximum absolute atomic E-state index is 11.7. The summed E-state index contributed by atoms with van der Waals surface area (Å²) in [5, 5.41) is 0. The molecule has 2 aliphatic rings. The number of fused-ring (bicyclic) bond motifs is 1. The number of imidazole rings is 1. The van der Waals surface area contributed by atoms with Crippen molar-refractivity contribution in [1.29, 1.82) is 0 Å². The topological polar surface area (TPSA) is 47.4 Å². The maximum atomic E-state index is 11.7. The molecule has 5 nitrogen and oxygen atoms in total. The average Bonchev–Trinajstić information content (AvgIpc) is 3.11. The standard InChI is InChI=1S/C15H23N3O2/c1-3-17-6-4-12(10-17)14-16-9-13-8-11(15(19)20-2)5-7-18(13)14/h9,11-12H,3-8,10H2,1-2H3. The molecule has 3 heterocycles. The summed E-state index contributed by atoms with van der Waals surface area (Å²) in [7, 11) is 1.47. The predicted molar refractivity (Wildman–Crippen MR) is 75.5 cm³/mol. The number of esters is 1. The van der Waals surface area contributed by atoms with Crippen molar-refractivity contribution in [3.8, 4) is 0 Å². The summed E-state index contributed by atoms with van der Waals surface area (Å²) in [5.41, 5.74) is 1.19. The van der Waals surface area contributed by atoms with E-state index in [1.807, 2.05) is 6.20 Å². The van der Waals surface area contributed by atoms with Crippen molar-refractivity contribution in [1.82, 2.24) is 14.5 Å². The minimum Gasteiger partial charge on any atom is -0.469 e. The van der Waals surface area contributed by atoms with Gasteiger partial charge in [0.1, 0.15) is 5.82 Å². The largest absolute Gasteiger partial charge is 0.469 e. The van der Waals surface area contributed by atoms with Crippen LogP contribution in [-0.4, -0.2) is 47.2 Å². The van der Waals surface area contributed by atoms with E-state index in [1.54, 1.807) is 0 Å². The zero-order chi connectivity index (χ0) is 14.1. The Labute approximate surface area is 119 Å². The van der Waals surface area contributed by atoms with E-state index in [4.69, 9.17) is 4.74 Å². The number of carbonyl (C=O) groups is 1. The quantitative estimate of drug-likeness (QED) is 0.784. The number of rotatable bonds is 3. The molecule has 0 amide bonds. The van der Waals surface area contributed by atoms with E-state index in [0.717, 1.165) is 32.5 Å². The fourth-order valence-corrected chi connectivity index (χ4v) is 3.51. The molecule has 1 fully saturated rings. The molecule has 0 spiro atoms. The Hall–Kier alpha value is -1.36. The first-order valence-electron chi connectivity index (χ1n) is 7.57. The second kappa shape index (κ2) is 5.56. The summed E-state index contributed by atoms with van der Waals surface area (Å²) in [6.45, 7) is 6.52. The zero-order valence-electron chi connectivity index (χ0n) is 12.3. The fraction of sp³-hybridized carbons (Fsp3) is 0.733. The van der Waals surface area contributed by atoms with E-state index in [-0.39, 0.29) is 11.9 Å². The van der Waals surface area contributed by atoms with Gasteiger partial charge in [0.15, 0.2) is 0 Å². The van der Waals surface area contributed by atoms with Gasteiger partial charge in [-0.25, -0.2) is 4.98 Å². The van der Waals surface area contributed by atoms with Gasteiger partial charge in [0.2, 0.25) is 0 Å². The lowest BCUT2D eigenvalue weighted by molar-refractivity contribution is -0.146. The first kappa shape index (κ1) is 13.6. The molecule has 0 aliphatic carbocycles. The summed E-state index contributed by atoms with van der Waals surface area (Å²) in [6.07, 6.45) is 4.79. The van der Waals surface area contributed by atoms with E-state index < -0.39 is 0 Å². The summed E-state index contributed by atoms with van der Waals surface area (Å²) in [6, 6.07) is 0. The number of carbonyl (C=O) groups excluding carboxylic acids is 1. The molecule has 0 N–H and O–H groups in total. The highest BCUT2D eigenvalue weighted by Crippen LogP contribution is 2.30. The Balaban J connectivity index is 1.75. The lowest BCUT2D eigenvalue weighted by Gasteiger charge is -2.24. The number of likely N-dealkylation sites (tertiary alicyclic amines) is 1. The van der Waals surface area contributed by atoms with E-state index >= 15 is 0 Å². The molecule has 1 aromatic heterocycles. The van der Waals surface area contributed by atoms with Gasteiger partial charge in [-0.3, -0.25) is 4.79 Å². The lowest BCUT2D eigenvalue weighted by Crippen LogP contribution is -2.28. The lowest BCUT2D eigenvalue weighted by atomic mass is 9.96. The highest BCUT2D eigenvalue weighted by molar-refractivity contribution is 5.72. The number of hydrogen-bond donors (Lipinski definition) is 0. The molecule has 20 heavy (non-hydrogen) atoms. The minimum atomic E-state index is -0.0861. The van der Waals surface area contributed by atoms with Crippen LogP contribution in [-0.2, 0) is 22.5 Å². The average molecular weight is 277 g/mol. The Bertz CT molecular complexity index is 497. The Kier molecular flexibility index (Phi) is 3.78. The van der Waals surface area contributed by atoms with Crippen LogP contribution in [0.5, 0.6) is 0 Å². The normalized spacial score (nSPS) is 26.5. The maximum Gasteiger partial charge on any atom is 0.309 e. The molecule has 0 aromatic carbocycles. The Morgan fingerprint density at radius 1 is 1.45 bits per heavy atom. The molecule has 2 aliphatic heterocycles. The molecule has 5 heteroatoms. The summed E-state index contributed by atoms with van der Waals surface area (Å²) in [5.74, 6) is 1.70. The molecule has 1 saturated heterocycles. The summed E-state index contributed by atoms with van der Waals surface area (Å²) >= 11 is 0. The van der Waals surface area contributed by atoms with Crippen molar-refractivity contribution in [2.24, 2.45) is 5.92 Å². The Morgan fingerprint density at radius 2 is 2.30 bits per heavy atom. The summed E-state index contributed by atoms with van der Waals surface area (Å²) in [4.78, 5) is 18.8. The number of nitrogens with zero attached hydrogens (tertiary/aromatic N) is 3. The van der Waals surface area contributed by atoms with E-state index in [9.17, 15) is 4.79 Å². The van der Waals surface area contributed by atoms with Crippen molar-refractivity contribution in [2.75, 3.05) is 26.7 Å². The van der Waals surface area contributed by atoms with Gasteiger partial charge in [0.25, 0.3) is 0 Å². The van der Waals surface area contributed by atoms with Gasteiger partial charge in [-0.1, -0.05) is 6.92 Å². The molecule has 2 unspecified atom stereocenters. The van der Waals surface area contributed by atoms with Crippen LogP contribution >= 0.6 is 0 Å². The summed E-state index contributed by atoms with van der Waals surface area (Å²) < 4.78 is 7.20. The van der Waals surface area contributed by atoms with Gasteiger partial charge < -0.3 is 14.2 Å². The molecule has 110 valence electrons. The van der Waals surface area contributed by atoms with E-state index in [1.165, 1.54) is 31.6 Å². The van der Waals surface area contributed by atoms with Crippen LogP contribution in [0, 0.1) is 5.92 Å². The van der Waals surface area contributed by atoms with Gasteiger partial charge in [-0.05, 0) is 25.9 Å². The van der Waals surface area contributed by atoms with Crippen molar-refractivity contribution < 1.29 is 9.53 Å². The second-order valence-corrected chi connectivity index (χ2v) is 5.85. The third-order valence-corrected chi connectivity index (χ3v) is 4.75. The molecule has 0 saturated carbocycles. The van der Waals surface area contributed by atoms with Crippen molar-refractivity contribution in [3.63, 3.8) is 0 Å². The third-order valence-electron chi connectivity index (χ3n) is 4.75. The molecule has 0 radical (unpaired) electrons. The number of ether oxygens (including phenoxy) is 1. The van der Waals surface area contributed by atoms with E-state index in [2.05, 4.69) is 21.4 Å². The number of hydrogen-bond acceptors (Lipinski definition) is 4. The number of likely N-dealkylation sites (N-methyl/N-ethyl adjacent to an activating group) is 1. The van der Waals surface area contributed by atoms with Crippen molar-refractivity contribution in [2.45, 2.75) is 38.6 Å². The predicted octanol–water partition coefficient (Wildman–Crippen LogP) is 1.43. The SMILES string of the molecule is CCN1CCC(c2ncc3n2CCC(C(=O)OC)C3)C1. The van der Waals surface area contributed by atoms with Crippen LogP contribution in [0.15, 0.2) is 6.20 Å². The monoisotopic (exact) mass is 277 g/mol. The van der Waals surface area contributed by atoms with Crippen LogP contribution in [0.25, 0.3) is 0 Å². The molecule has 3 rings (SSSR count). The minimum absolute atomic E-state index is 0.00719. The van der Waals surface area contributed by atoms with Crippen molar-refractivity contribution >= 4 is 5.97 Å². The zero-order valence-corrected chi connectivity index (χ0v) is 12.3. The highest BCUT2D eigenvalue weighted by Gasteiger charge is 2.31. The highest BCUT2D eigenvalue weighted by atomic mass is 16.5. The fourth-order valence-electron chi connectivity index (χ4n) is 3.51. The van der Waals surface area contributed by atoms with Crippen LogP contribution in [0.1, 0.15) is 37.2 Å². The molecular weight excluding hydrogens is 254 g/mol. The second-order valence-electron chi connectivity index (χ2n) is 5.85. The van der Waals surface area contributed by atoms with Gasteiger partial charge in [-0.2, -0.15) is 0 Å². The molecule has 1 aromatic rings. The van der Waals surface area contributed by atoms with Gasteiger partial charge >= 0.3 is 5.97 Å². The first-order valence-corrected chi connectivity index (χ1v) is 7.57. The van der Waals surface area contributed by atoms with Crippen LogP contribution in [0.3, 0.4) is 0 Å². The molecule has 0 bridgehead atoms. The van der Waals surface area contributed by atoms with Crippen LogP contribution in [0.2, 0.25) is 0 Å².